The van der Waals surface area contributed by atoms with Crippen LogP contribution in [0, 0.1) is 0 Å². The Hall–Kier alpha value is -6.23. The number of hydrogen-bond donors (Lipinski definition) is 2. The maximum absolute atomic E-state index is 13.9. The molecule has 2 aromatic heterocycles. The SMILES string of the molecule is CCCCCCOc1ccc(N(c2ccc(OCCCCCC)cc2)c2ccc(-c3ccc(-c4ccc(C5=C(O)/C(=C/C6=[N+](CCCC)c7ccc(C(=O)O)cc7C6(C)C)C5=O)s4)s3)cc2)cc1. The Kier molecular flexibility index (Phi) is 15.5. The van der Waals surface area contributed by atoms with E-state index < -0.39 is 11.4 Å². The Labute approximate surface area is 409 Å². The number of nitrogens with zero attached hydrogens (tertiary/aromatic N) is 2. The molecule has 0 saturated heterocycles. The summed E-state index contributed by atoms with van der Waals surface area (Å²) in [4.78, 5) is 31.9. The number of carboxylic acids is 1. The van der Waals surface area contributed by atoms with E-state index in [-0.39, 0.29) is 22.7 Å². The number of aliphatic hydroxyl groups is 1. The first-order valence-corrected chi connectivity index (χ1v) is 25.9. The summed E-state index contributed by atoms with van der Waals surface area (Å²) in [6.45, 7) is 12.8. The predicted octanol–water partition coefficient (Wildman–Crippen LogP) is 15.9. The predicted molar refractivity (Wildman–Crippen MR) is 281 cm³/mol. The number of Topliss-reactive ketones (excluding diaryl/α,β-unsaturated/α-hetero) is 1. The summed E-state index contributed by atoms with van der Waals surface area (Å²) in [7, 11) is 0. The second kappa shape index (κ2) is 21.8. The highest BCUT2D eigenvalue weighted by atomic mass is 32.1. The molecule has 2 aliphatic rings. The largest absolute Gasteiger partial charge is 0.506 e. The number of carbonyl (C=O) groups is 2. The molecule has 10 heteroatoms. The number of benzene rings is 4. The van der Waals surface area contributed by atoms with Crippen molar-refractivity contribution < 1.29 is 33.9 Å². The molecule has 0 radical (unpaired) electrons. The number of anilines is 3. The monoisotopic (exact) mass is 947 g/mol. The molecule has 1 aliphatic heterocycles. The molecule has 8 nitrogen and oxygen atoms in total. The van der Waals surface area contributed by atoms with Gasteiger partial charge in [-0.15, -0.1) is 22.7 Å². The third kappa shape index (κ3) is 10.4. The van der Waals surface area contributed by atoms with Crippen molar-refractivity contribution in [3.63, 3.8) is 0 Å². The number of carboxylic acid groups (broad SMARTS) is 1. The summed E-state index contributed by atoms with van der Waals surface area (Å²) >= 11 is 3.20. The fourth-order valence-electron chi connectivity index (χ4n) is 9.02. The lowest BCUT2D eigenvalue weighted by molar-refractivity contribution is -0.438. The van der Waals surface area contributed by atoms with E-state index in [0.717, 1.165) is 116 Å². The average molecular weight is 948 g/mol. The van der Waals surface area contributed by atoms with Gasteiger partial charge in [-0.2, -0.15) is 4.58 Å². The van der Waals surface area contributed by atoms with Gasteiger partial charge >= 0.3 is 5.97 Å². The Morgan fingerprint density at radius 3 is 1.69 bits per heavy atom. The van der Waals surface area contributed by atoms with Crippen LogP contribution in [-0.2, 0) is 10.2 Å². The van der Waals surface area contributed by atoms with Gasteiger partial charge in [0.05, 0.1) is 35.3 Å². The lowest BCUT2D eigenvalue weighted by Crippen LogP contribution is -2.31. The fraction of sp³-hybridized carbons (Fsp3) is 0.328. The quantitative estimate of drug-likeness (QED) is 0.0375. The minimum atomic E-state index is -0.977. The van der Waals surface area contributed by atoms with E-state index in [4.69, 9.17) is 9.47 Å². The summed E-state index contributed by atoms with van der Waals surface area (Å²) in [5.74, 6) is 0.569. The number of allylic oxidation sites excluding steroid dienone is 3. The number of rotatable bonds is 23. The standard InChI is InChI=1S/C58H62N2O6S2/c1-6-9-12-14-35-65-44-25-21-42(22-26-44)60(43-23-27-45(28-24-43)66-36-15-13-10-7-2)41-19-16-39(17-20-41)49-30-31-50(67-49)51-32-33-52(68-51)54-55(61)46(56(54)62)38-53-58(4,5)47-37-40(57(63)64)18-29-48(47)59(53)34-11-8-3/h16-33,37-38H,6-15,34-36H2,1-5H3,(H-,61,62,63,64)/p+1. The average Bonchev–Trinajstić information content (AvgIpc) is 4.09. The van der Waals surface area contributed by atoms with Crippen LogP contribution in [0.1, 0.15) is 120 Å². The van der Waals surface area contributed by atoms with Crippen molar-refractivity contribution in [3.8, 4) is 31.7 Å². The smallest absolute Gasteiger partial charge is 0.335 e. The van der Waals surface area contributed by atoms with Gasteiger partial charge in [0.25, 0.3) is 0 Å². The minimum absolute atomic E-state index is 0.00510. The molecule has 0 saturated carbocycles. The molecular weight excluding hydrogens is 885 g/mol. The molecule has 0 atom stereocenters. The van der Waals surface area contributed by atoms with Gasteiger partial charge in [0.15, 0.2) is 5.71 Å². The van der Waals surface area contributed by atoms with Crippen LogP contribution in [0.3, 0.4) is 0 Å². The van der Waals surface area contributed by atoms with Crippen molar-refractivity contribution >= 4 is 68.5 Å². The summed E-state index contributed by atoms with van der Waals surface area (Å²) in [5, 5.41) is 21.2. The summed E-state index contributed by atoms with van der Waals surface area (Å²) in [6.07, 6.45) is 13.0. The van der Waals surface area contributed by atoms with Crippen LogP contribution in [0.15, 0.2) is 133 Å². The number of aliphatic hydroxyl groups excluding tert-OH is 1. The summed E-state index contributed by atoms with van der Waals surface area (Å²) < 4.78 is 14.4. The second-order valence-corrected chi connectivity index (χ2v) is 20.3. The number of hydrogen-bond acceptors (Lipinski definition) is 8. The molecule has 1 aliphatic carbocycles. The third-order valence-electron chi connectivity index (χ3n) is 13.0. The number of unbranched alkanes of at least 4 members (excludes halogenated alkanes) is 7. The highest BCUT2D eigenvalue weighted by molar-refractivity contribution is 7.24. The topological polar surface area (TPSA) is 99.3 Å². The van der Waals surface area contributed by atoms with Crippen molar-refractivity contribution in [2.75, 3.05) is 24.7 Å². The maximum atomic E-state index is 13.9. The minimum Gasteiger partial charge on any atom is -0.506 e. The lowest BCUT2D eigenvalue weighted by Gasteiger charge is -2.26. The van der Waals surface area contributed by atoms with Gasteiger partial charge in [-0.1, -0.05) is 77.8 Å². The maximum Gasteiger partial charge on any atom is 0.335 e. The van der Waals surface area contributed by atoms with Crippen molar-refractivity contribution in [1.82, 2.24) is 0 Å². The van der Waals surface area contributed by atoms with Crippen LogP contribution in [0.4, 0.5) is 22.7 Å². The lowest BCUT2D eigenvalue weighted by atomic mass is 9.78. The number of fused-ring (bicyclic) bond motifs is 1. The first-order chi connectivity index (χ1) is 33.0. The van der Waals surface area contributed by atoms with Gasteiger partial charge in [0.2, 0.25) is 11.5 Å². The van der Waals surface area contributed by atoms with Gasteiger partial charge in [0, 0.05) is 60.7 Å². The first kappa shape index (κ1) is 48.2. The van der Waals surface area contributed by atoms with Gasteiger partial charge in [-0.05, 0) is 129 Å². The fourth-order valence-corrected chi connectivity index (χ4v) is 11.2. The van der Waals surface area contributed by atoms with E-state index >= 15 is 0 Å². The van der Waals surface area contributed by atoms with Crippen LogP contribution in [0.2, 0.25) is 0 Å². The van der Waals surface area contributed by atoms with E-state index in [0.29, 0.717) is 5.57 Å². The van der Waals surface area contributed by atoms with Gasteiger partial charge in [0.1, 0.15) is 23.8 Å². The van der Waals surface area contributed by atoms with E-state index in [9.17, 15) is 19.8 Å². The zero-order valence-electron chi connectivity index (χ0n) is 40.0. The second-order valence-electron chi connectivity index (χ2n) is 18.2. The van der Waals surface area contributed by atoms with Gasteiger partial charge in [-0.3, -0.25) is 4.79 Å². The van der Waals surface area contributed by atoms with Gasteiger partial charge < -0.3 is 24.6 Å². The van der Waals surface area contributed by atoms with E-state index in [1.165, 1.54) is 49.9 Å². The molecule has 8 rings (SSSR count). The summed E-state index contributed by atoms with van der Waals surface area (Å²) in [6, 6.07) is 38.8. The number of ketones is 1. The molecule has 6 aromatic rings. The van der Waals surface area contributed by atoms with Crippen LogP contribution in [-0.4, -0.2) is 52.0 Å². The number of aromatic carboxylic acids is 1. The van der Waals surface area contributed by atoms with Crippen LogP contribution >= 0.6 is 22.7 Å². The molecular formula is C58H63N2O6S2+. The Morgan fingerprint density at radius 1 is 0.647 bits per heavy atom. The number of ether oxygens (including phenoxy) is 2. The van der Waals surface area contributed by atoms with E-state index in [1.54, 1.807) is 23.5 Å². The van der Waals surface area contributed by atoms with Crippen LogP contribution in [0.5, 0.6) is 11.5 Å². The zero-order valence-corrected chi connectivity index (χ0v) is 41.6. The normalized spacial score (nSPS) is 14.7. The van der Waals surface area contributed by atoms with Gasteiger partial charge in [-0.25, -0.2) is 4.79 Å². The number of carbonyl (C=O) groups excluding carboxylic acids is 1. The molecule has 68 heavy (non-hydrogen) atoms. The third-order valence-corrected chi connectivity index (χ3v) is 15.4. The van der Waals surface area contributed by atoms with E-state index in [2.05, 4.69) is 115 Å². The highest BCUT2D eigenvalue weighted by Crippen LogP contribution is 2.46. The van der Waals surface area contributed by atoms with Crippen molar-refractivity contribution in [2.45, 2.75) is 104 Å². The summed E-state index contributed by atoms with van der Waals surface area (Å²) in [5.41, 5.74) is 7.16. The Bertz CT molecular complexity index is 2770. The molecule has 0 unspecified atom stereocenters. The molecule has 0 bridgehead atoms. The van der Waals surface area contributed by atoms with Crippen LogP contribution in [0.25, 0.3) is 25.8 Å². The van der Waals surface area contributed by atoms with Crippen molar-refractivity contribution in [3.05, 3.63) is 149 Å². The number of thiophene rings is 2. The highest BCUT2D eigenvalue weighted by Gasteiger charge is 2.47. The van der Waals surface area contributed by atoms with E-state index in [1.807, 2.05) is 38.1 Å². The molecule has 0 spiro atoms. The van der Waals surface area contributed by atoms with Crippen LogP contribution < -0.4 is 14.4 Å². The molecule has 4 aromatic carbocycles. The first-order valence-electron chi connectivity index (χ1n) is 24.3. The molecule has 2 N–H and O–H groups in total. The van der Waals surface area contributed by atoms with Crippen molar-refractivity contribution in [2.24, 2.45) is 0 Å². The molecule has 0 fully saturated rings. The Balaban J connectivity index is 0.999. The Morgan fingerprint density at radius 2 is 1.16 bits per heavy atom. The van der Waals surface area contributed by atoms with Crippen molar-refractivity contribution in [1.29, 1.82) is 0 Å². The molecule has 0 amide bonds. The molecule has 352 valence electrons. The zero-order chi connectivity index (χ0) is 47.8. The molecule has 3 heterocycles.